The molecule has 14 aromatic carbocycles. The van der Waals surface area contributed by atoms with E-state index < -0.39 is 0 Å². The zero-order chi connectivity index (χ0) is 49.5. The van der Waals surface area contributed by atoms with E-state index >= 15 is 0 Å². The van der Waals surface area contributed by atoms with Gasteiger partial charge >= 0.3 is 119 Å². The van der Waals surface area contributed by atoms with Crippen molar-refractivity contribution < 1.29 is 119 Å². The van der Waals surface area contributed by atoms with Crippen LogP contribution >= 0.6 is 9.90 Å². The molecule has 78 heavy (non-hydrogen) atoms. The molecule has 0 aliphatic heterocycles. The summed E-state index contributed by atoms with van der Waals surface area (Å²) in [5, 5.41) is 0. The van der Waals surface area contributed by atoms with E-state index in [4.69, 9.17) is 0 Å². The third kappa shape index (κ3) is 82.3. The maximum Gasteiger partial charge on any atom is 2.00 e. The largest absolute Gasteiger partial charge is 2.00 e. The second kappa shape index (κ2) is 85.9. The van der Waals surface area contributed by atoms with Gasteiger partial charge in [0.2, 0.25) is 0 Å². The molecule has 0 nitrogen and oxygen atoms in total. The normalized spacial score (nSPS) is 7.18. The summed E-state index contributed by atoms with van der Waals surface area (Å²) >= 11 is 0. The summed E-state index contributed by atoms with van der Waals surface area (Å²) in [5.41, 5.74) is 0. The molecule has 0 bridgehead atoms. The van der Waals surface area contributed by atoms with Crippen LogP contribution in [0.15, 0.2) is 425 Å². The van der Waals surface area contributed by atoms with Crippen molar-refractivity contribution in [1.29, 1.82) is 0 Å². The molecule has 8 heteroatoms. The summed E-state index contributed by atoms with van der Waals surface area (Å²) < 4.78 is 0. The Morgan fingerprint density at radius 3 is 0.141 bits per heavy atom. The third-order valence-electron chi connectivity index (χ3n) is 7.78. The van der Waals surface area contributed by atoms with Gasteiger partial charge in [-0.25, -0.2) is 170 Å². The van der Waals surface area contributed by atoms with Gasteiger partial charge in [-0.05, 0) is 0 Å². The van der Waals surface area contributed by atoms with Crippen LogP contribution in [0.4, 0.5) is 0 Å². The zero-order valence-electron chi connectivity index (χ0n) is 43.3. The average molecular weight is 1330 g/mol. The number of hydrogen-bond donors (Lipinski definition) is 0. The van der Waals surface area contributed by atoms with Crippen LogP contribution in [0, 0.1) is 0 Å². The van der Waals surface area contributed by atoms with Gasteiger partial charge in [0, 0.05) is 9.90 Å². The van der Waals surface area contributed by atoms with Crippen molar-refractivity contribution in [1.82, 2.24) is 0 Å². The van der Waals surface area contributed by atoms with Crippen molar-refractivity contribution in [3.8, 4) is 0 Å². The Balaban J connectivity index is -0.000000112. The molecule has 3 radical (unpaired) electrons. The van der Waals surface area contributed by atoms with Gasteiger partial charge < -0.3 is 0 Å². The summed E-state index contributed by atoms with van der Waals surface area (Å²) in [6.07, 6.45) is 0. The maximum absolute atomic E-state index is 2.00. The molecule has 0 amide bonds. The topological polar surface area (TPSA) is 0 Å². The first-order chi connectivity index (χ1) is 35.0. The molecule has 0 heterocycles. The van der Waals surface area contributed by atoms with E-state index in [-0.39, 0.29) is 129 Å². The van der Waals surface area contributed by atoms with E-state index in [0.717, 1.165) is 0 Å². The Labute approximate surface area is 548 Å². The summed E-state index contributed by atoms with van der Waals surface area (Å²) in [4.78, 5) is 0. The van der Waals surface area contributed by atoms with Crippen LogP contribution in [0.25, 0.3) is 0 Å². The van der Waals surface area contributed by atoms with Crippen LogP contribution in [0.2, 0.25) is 0 Å². The Hall–Kier alpha value is -5.03. The first-order valence-electron chi connectivity index (χ1n) is 23.3. The van der Waals surface area contributed by atoms with Crippen molar-refractivity contribution in [3.05, 3.63) is 425 Å². The molecule has 0 fully saturated rings. The maximum atomic E-state index is 2.00. The average Bonchev–Trinajstić information content (AvgIpc) is 4.33. The Bertz CT molecular complexity index is 1530. The first kappa shape index (κ1) is 89.5. The van der Waals surface area contributed by atoms with E-state index in [1.165, 1.54) is 0 Å². The zero-order valence-corrected chi connectivity index (χ0v) is 52.0. The molecule has 14 aromatic rings. The summed E-state index contributed by atoms with van der Waals surface area (Å²) in [6.45, 7) is 0. The predicted octanol–water partition coefficient (Wildman–Crippen LogP) is 20.5. The molecule has 0 N–H and O–H groups in total. The van der Waals surface area contributed by atoms with Gasteiger partial charge in [-0.1, -0.05) is 0 Å². The van der Waals surface area contributed by atoms with Gasteiger partial charge in [0.05, 0.1) is 0 Å². The molecule has 0 atom stereocenters. The van der Waals surface area contributed by atoms with Crippen molar-refractivity contribution >= 4 is 9.90 Å². The Morgan fingerprint density at radius 2 is 0.128 bits per heavy atom. The second-order valence-electron chi connectivity index (χ2n) is 13.5. The number of rotatable bonds is 0. The number of hydrogen-bond acceptors (Lipinski definition) is 0. The van der Waals surface area contributed by atoms with Crippen LogP contribution < -0.4 is 0 Å². The molecule has 0 unspecified atom stereocenters. The van der Waals surface area contributed by atoms with E-state index in [2.05, 4.69) is 0 Å². The Kier molecular flexibility index (Phi) is 98.6. The fourth-order valence-corrected chi connectivity index (χ4v) is 4.49. The smallest absolute Gasteiger partial charge is 0.214 e. The Morgan fingerprint density at radius 1 is 0.0897 bits per heavy atom. The van der Waals surface area contributed by atoms with Crippen LogP contribution in [0.1, 0.15) is 0 Å². The van der Waals surface area contributed by atoms with Crippen molar-refractivity contribution in [3.63, 3.8) is 0 Å². The van der Waals surface area contributed by atoms with E-state index in [9.17, 15) is 0 Å². The fraction of sp³-hybridized carbons (Fsp3) is 0. The summed E-state index contributed by atoms with van der Waals surface area (Å²) in [5.74, 6) is 0. The van der Waals surface area contributed by atoms with Crippen LogP contribution in [-0.4, -0.2) is 0 Å². The van der Waals surface area contributed by atoms with E-state index in [1.807, 2.05) is 425 Å². The SMILES string of the molecule is [Fe+2].[Fe+2].[Fe+2].[Fe+2].[Fe+2].[Fe+2].[Fe+2].[P].c1cc[cH-]c1.c1cc[cH-]c1.c1cc[cH-]c1.c1cc[cH-]c1.c1cc[cH-]c1.c1cc[cH-]c1.c1cc[cH-]c1.c1cc[cH-]c1.c1cc[cH-]c1.c1cc[cH-]c1.c1cc[cH-]c1.c1cc[cH-]c1.c1cc[cH-]c1.c1cc[cH-]c1. The molecular formula is C70H70Fe7P. The van der Waals surface area contributed by atoms with E-state index in [0.29, 0.717) is 0 Å². The molecule has 14 rings (SSSR count). The van der Waals surface area contributed by atoms with Gasteiger partial charge in [0.1, 0.15) is 0 Å². The van der Waals surface area contributed by atoms with Crippen molar-refractivity contribution in [2.75, 3.05) is 0 Å². The van der Waals surface area contributed by atoms with Gasteiger partial charge in [-0.2, -0.15) is 255 Å². The standard InChI is InChI=1S/14C5H5.7Fe.P/c14*1-2-4-5-3-1;;;;;;;;/h14*1-5H;;;;;;;;/q14*-1;7*+2;. The quantitative estimate of drug-likeness (QED) is 0.0806. The molecule has 0 saturated carbocycles. The minimum Gasteiger partial charge on any atom is -0.214 e. The summed E-state index contributed by atoms with van der Waals surface area (Å²) in [6, 6.07) is 140. The van der Waals surface area contributed by atoms with Crippen LogP contribution in [-0.2, 0) is 119 Å². The molecule has 0 saturated heterocycles. The monoisotopic (exact) mass is 1330 g/mol. The van der Waals surface area contributed by atoms with Gasteiger partial charge in [0.25, 0.3) is 0 Å². The van der Waals surface area contributed by atoms with Crippen molar-refractivity contribution in [2.24, 2.45) is 0 Å². The van der Waals surface area contributed by atoms with Gasteiger partial charge in [-0.3, -0.25) is 0 Å². The molecule has 0 aliphatic carbocycles. The molecule has 0 spiro atoms. The molecule has 0 aliphatic rings. The molecular weight excluding hydrogens is 1260 g/mol. The summed E-state index contributed by atoms with van der Waals surface area (Å²) in [7, 11) is 0. The van der Waals surface area contributed by atoms with Crippen LogP contribution in [0.5, 0.6) is 0 Å². The van der Waals surface area contributed by atoms with Crippen molar-refractivity contribution in [2.45, 2.75) is 0 Å². The second-order valence-corrected chi connectivity index (χ2v) is 13.5. The predicted molar refractivity (Wildman–Crippen MR) is 315 cm³/mol. The fourth-order valence-electron chi connectivity index (χ4n) is 4.49. The minimum absolute atomic E-state index is 0. The third-order valence-corrected chi connectivity index (χ3v) is 7.78. The van der Waals surface area contributed by atoms with Gasteiger partial charge in [0.15, 0.2) is 0 Å². The molecule has 411 valence electrons. The van der Waals surface area contributed by atoms with Gasteiger partial charge in [-0.15, -0.1) is 0 Å². The van der Waals surface area contributed by atoms with E-state index in [1.54, 1.807) is 0 Å². The molecule has 0 aromatic heterocycles. The minimum atomic E-state index is 0. The first-order valence-corrected chi connectivity index (χ1v) is 23.3. The van der Waals surface area contributed by atoms with Crippen LogP contribution in [0.3, 0.4) is 0 Å².